The molecule has 2 N–H and O–H groups in total. The number of guanidine groups is 1. The standard InChI is InChI=1S/C16H25N3O2.HI/c1-17-16(18-9-5-10-20-2)19-12-13-8-11-21-15-7-4-3-6-14(13)15;/h3-4,6-7,13H,5,8-12H2,1-2H3,(H2,17,18,19);1H. The van der Waals surface area contributed by atoms with Crippen molar-refractivity contribution in [3.8, 4) is 5.75 Å². The molecule has 0 saturated heterocycles. The smallest absolute Gasteiger partial charge is 0.190 e. The molecular weight excluding hydrogens is 393 g/mol. The largest absolute Gasteiger partial charge is 0.493 e. The highest BCUT2D eigenvalue weighted by atomic mass is 127. The van der Waals surface area contributed by atoms with E-state index in [0.717, 1.165) is 50.9 Å². The Morgan fingerprint density at radius 2 is 2.18 bits per heavy atom. The SMILES string of the molecule is CN=C(NCCCOC)NCC1CCOc2ccccc21.I. The highest BCUT2D eigenvalue weighted by Crippen LogP contribution is 2.32. The zero-order valence-corrected chi connectivity index (χ0v) is 15.6. The van der Waals surface area contributed by atoms with Gasteiger partial charge in [0.2, 0.25) is 0 Å². The van der Waals surface area contributed by atoms with E-state index in [4.69, 9.17) is 9.47 Å². The Kier molecular flexibility index (Phi) is 9.22. The zero-order chi connectivity index (χ0) is 14.9. The molecule has 1 aliphatic rings. The van der Waals surface area contributed by atoms with Crippen molar-refractivity contribution in [2.45, 2.75) is 18.8 Å². The average molecular weight is 419 g/mol. The molecule has 1 aliphatic heterocycles. The summed E-state index contributed by atoms with van der Waals surface area (Å²) in [5, 5.41) is 6.69. The van der Waals surface area contributed by atoms with Gasteiger partial charge in [-0.15, -0.1) is 24.0 Å². The molecule has 0 saturated carbocycles. The van der Waals surface area contributed by atoms with Crippen LogP contribution in [0.15, 0.2) is 29.3 Å². The first-order valence-electron chi connectivity index (χ1n) is 7.50. The summed E-state index contributed by atoms with van der Waals surface area (Å²) in [5.74, 6) is 2.32. The molecule has 0 amide bonds. The van der Waals surface area contributed by atoms with Crippen molar-refractivity contribution in [2.24, 2.45) is 4.99 Å². The lowest BCUT2D eigenvalue weighted by atomic mass is 9.93. The third-order valence-corrected chi connectivity index (χ3v) is 3.64. The normalized spacial score (nSPS) is 17.0. The lowest BCUT2D eigenvalue weighted by Gasteiger charge is -2.26. The van der Waals surface area contributed by atoms with E-state index in [1.165, 1.54) is 5.56 Å². The summed E-state index contributed by atoms with van der Waals surface area (Å²) in [7, 11) is 3.51. The molecule has 124 valence electrons. The van der Waals surface area contributed by atoms with Gasteiger partial charge in [-0.1, -0.05) is 18.2 Å². The van der Waals surface area contributed by atoms with Crippen molar-refractivity contribution in [3.05, 3.63) is 29.8 Å². The number of fused-ring (bicyclic) bond motifs is 1. The second kappa shape index (κ2) is 10.7. The molecule has 1 atom stereocenters. The Balaban J connectivity index is 0.00000242. The fraction of sp³-hybridized carbons (Fsp3) is 0.562. The molecule has 0 fully saturated rings. The summed E-state index contributed by atoms with van der Waals surface area (Å²) in [4.78, 5) is 4.25. The number of rotatable bonds is 6. The summed E-state index contributed by atoms with van der Waals surface area (Å²) in [6, 6.07) is 8.28. The average Bonchev–Trinajstić information content (AvgIpc) is 2.54. The van der Waals surface area contributed by atoms with Crippen LogP contribution in [0.2, 0.25) is 0 Å². The van der Waals surface area contributed by atoms with Crippen molar-refractivity contribution in [3.63, 3.8) is 0 Å². The second-order valence-corrected chi connectivity index (χ2v) is 5.10. The summed E-state index contributed by atoms with van der Waals surface area (Å²) in [6.07, 6.45) is 2.00. The predicted octanol–water partition coefficient (Wildman–Crippen LogP) is 2.37. The number of ether oxygens (including phenoxy) is 2. The van der Waals surface area contributed by atoms with Crippen LogP contribution in [0.3, 0.4) is 0 Å². The molecule has 2 rings (SSSR count). The number of benzene rings is 1. The first-order valence-corrected chi connectivity index (χ1v) is 7.50. The van der Waals surface area contributed by atoms with E-state index in [1.54, 1.807) is 14.2 Å². The maximum absolute atomic E-state index is 5.69. The number of halogens is 1. The number of nitrogens with one attached hydrogen (secondary N) is 2. The van der Waals surface area contributed by atoms with Crippen LogP contribution < -0.4 is 15.4 Å². The Morgan fingerprint density at radius 3 is 2.95 bits per heavy atom. The van der Waals surface area contributed by atoms with Crippen LogP contribution in [0.5, 0.6) is 5.75 Å². The second-order valence-electron chi connectivity index (χ2n) is 5.10. The van der Waals surface area contributed by atoms with Gasteiger partial charge in [-0.2, -0.15) is 0 Å². The molecule has 0 bridgehead atoms. The number of hydrogen-bond acceptors (Lipinski definition) is 3. The van der Waals surface area contributed by atoms with Crippen molar-refractivity contribution >= 4 is 29.9 Å². The Labute approximate surface area is 149 Å². The first-order chi connectivity index (χ1) is 10.3. The fourth-order valence-corrected chi connectivity index (χ4v) is 2.49. The van der Waals surface area contributed by atoms with Crippen LogP contribution in [0.1, 0.15) is 24.3 Å². The third-order valence-electron chi connectivity index (χ3n) is 3.64. The van der Waals surface area contributed by atoms with Gasteiger partial charge in [0.15, 0.2) is 5.96 Å². The van der Waals surface area contributed by atoms with Gasteiger partial charge in [0, 0.05) is 39.8 Å². The van der Waals surface area contributed by atoms with Gasteiger partial charge >= 0.3 is 0 Å². The summed E-state index contributed by atoms with van der Waals surface area (Å²) >= 11 is 0. The molecule has 1 aromatic carbocycles. The highest BCUT2D eigenvalue weighted by molar-refractivity contribution is 14.0. The van der Waals surface area contributed by atoms with Gasteiger partial charge < -0.3 is 20.1 Å². The van der Waals surface area contributed by atoms with Gasteiger partial charge in [-0.25, -0.2) is 0 Å². The van der Waals surface area contributed by atoms with Crippen LogP contribution in [0, 0.1) is 0 Å². The van der Waals surface area contributed by atoms with E-state index in [1.807, 2.05) is 12.1 Å². The minimum Gasteiger partial charge on any atom is -0.493 e. The monoisotopic (exact) mass is 419 g/mol. The van der Waals surface area contributed by atoms with E-state index in [0.29, 0.717) is 5.92 Å². The maximum Gasteiger partial charge on any atom is 0.190 e. The number of hydrogen-bond donors (Lipinski definition) is 2. The zero-order valence-electron chi connectivity index (χ0n) is 13.3. The van der Waals surface area contributed by atoms with Crippen LogP contribution in [0.4, 0.5) is 0 Å². The van der Waals surface area contributed by atoms with Gasteiger partial charge in [0.05, 0.1) is 6.61 Å². The van der Waals surface area contributed by atoms with E-state index >= 15 is 0 Å². The third kappa shape index (κ3) is 5.64. The fourth-order valence-electron chi connectivity index (χ4n) is 2.49. The molecule has 0 radical (unpaired) electrons. The van der Waals surface area contributed by atoms with Crippen LogP contribution >= 0.6 is 24.0 Å². The number of nitrogens with zero attached hydrogens (tertiary/aromatic N) is 1. The van der Waals surface area contributed by atoms with Gasteiger partial charge in [0.1, 0.15) is 5.75 Å². The number of para-hydroxylation sites is 1. The molecule has 1 unspecified atom stereocenters. The quantitative estimate of drug-likeness (QED) is 0.322. The molecule has 0 spiro atoms. The van der Waals surface area contributed by atoms with Crippen molar-refractivity contribution in [2.75, 3.05) is 40.5 Å². The molecule has 1 aromatic rings. The summed E-state index contributed by atoms with van der Waals surface area (Å²) in [6.45, 7) is 3.27. The van der Waals surface area contributed by atoms with E-state index in [-0.39, 0.29) is 24.0 Å². The van der Waals surface area contributed by atoms with Crippen LogP contribution in [-0.2, 0) is 4.74 Å². The number of methoxy groups -OCH3 is 1. The molecule has 6 heteroatoms. The Bertz CT molecular complexity index is 468. The minimum absolute atomic E-state index is 0. The molecule has 22 heavy (non-hydrogen) atoms. The lowest BCUT2D eigenvalue weighted by Crippen LogP contribution is -2.40. The Hall–Kier alpha value is -1.02. The molecule has 5 nitrogen and oxygen atoms in total. The van der Waals surface area contributed by atoms with Gasteiger partial charge in [0.25, 0.3) is 0 Å². The van der Waals surface area contributed by atoms with Crippen molar-refractivity contribution < 1.29 is 9.47 Å². The lowest BCUT2D eigenvalue weighted by molar-refractivity contribution is 0.195. The van der Waals surface area contributed by atoms with E-state index < -0.39 is 0 Å². The maximum atomic E-state index is 5.69. The van der Waals surface area contributed by atoms with E-state index in [9.17, 15) is 0 Å². The summed E-state index contributed by atoms with van der Waals surface area (Å²) < 4.78 is 10.7. The van der Waals surface area contributed by atoms with Gasteiger partial charge in [-0.3, -0.25) is 4.99 Å². The summed E-state index contributed by atoms with van der Waals surface area (Å²) in [5.41, 5.74) is 1.28. The molecular formula is C16H26IN3O2. The highest BCUT2D eigenvalue weighted by Gasteiger charge is 2.20. The molecule has 0 aromatic heterocycles. The van der Waals surface area contributed by atoms with Gasteiger partial charge in [-0.05, 0) is 24.5 Å². The van der Waals surface area contributed by atoms with Crippen molar-refractivity contribution in [1.82, 2.24) is 10.6 Å². The molecule has 0 aliphatic carbocycles. The Morgan fingerprint density at radius 1 is 1.36 bits per heavy atom. The minimum atomic E-state index is 0. The topological polar surface area (TPSA) is 54.9 Å². The predicted molar refractivity (Wildman–Crippen MR) is 101 cm³/mol. The number of aliphatic imine (C=N–C) groups is 1. The van der Waals surface area contributed by atoms with Crippen molar-refractivity contribution in [1.29, 1.82) is 0 Å². The van der Waals surface area contributed by atoms with E-state index in [2.05, 4.69) is 27.8 Å². The molecule has 1 heterocycles. The van der Waals surface area contributed by atoms with Crippen LogP contribution in [0.25, 0.3) is 0 Å². The first kappa shape index (κ1) is 19.0. The van der Waals surface area contributed by atoms with Crippen LogP contribution in [-0.4, -0.2) is 46.4 Å².